The number of carbonyl (C=O) groups is 1. The Morgan fingerprint density at radius 3 is 2.65 bits per heavy atom. The lowest BCUT2D eigenvalue weighted by Crippen LogP contribution is -2.14. The molecule has 7 heteroatoms. The number of nitrogens with one attached hydrogen (secondary N) is 1. The van der Waals surface area contributed by atoms with Gasteiger partial charge in [0.1, 0.15) is 0 Å². The second-order valence-corrected chi connectivity index (χ2v) is 5.87. The van der Waals surface area contributed by atoms with E-state index in [9.17, 15) is 4.79 Å². The van der Waals surface area contributed by atoms with Crippen LogP contribution in [0.3, 0.4) is 0 Å². The molecule has 0 aliphatic rings. The van der Waals surface area contributed by atoms with Gasteiger partial charge in [0.05, 0.1) is 14.2 Å². The van der Waals surface area contributed by atoms with Crippen LogP contribution in [0.4, 0.5) is 5.69 Å². The lowest BCUT2D eigenvalue weighted by Gasteiger charge is -2.10. The first-order valence-electron chi connectivity index (χ1n) is 7.77. The molecular weight excluding hydrogens is 356 g/mol. The minimum absolute atomic E-state index is 0.164. The SMILES string of the molecule is COc1ccc(-c2ocnc2C(=O)Nc2cccc(Cl)c2C)cc1OC. The minimum Gasteiger partial charge on any atom is -0.493 e. The Morgan fingerprint density at radius 2 is 1.92 bits per heavy atom. The highest BCUT2D eigenvalue weighted by atomic mass is 35.5. The number of oxazole rings is 1. The van der Waals surface area contributed by atoms with Gasteiger partial charge in [0.15, 0.2) is 29.3 Å². The molecule has 134 valence electrons. The maximum absolute atomic E-state index is 12.7. The summed E-state index contributed by atoms with van der Waals surface area (Å²) in [5, 5.41) is 3.39. The lowest BCUT2D eigenvalue weighted by atomic mass is 10.1. The molecule has 0 aliphatic heterocycles. The molecule has 6 nitrogen and oxygen atoms in total. The molecule has 0 unspecified atom stereocenters. The number of hydrogen-bond acceptors (Lipinski definition) is 5. The van der Waals surface area contributed by atoms with Crippen molar-refractivity contribution in [2.75, 3.05) is 19.5 Å². The Kier molecular flexibility index (Phi) is 5.14. The van der Waals surface area contributed by atoms with Crippen molar-refractivity contribution in [1.29, 1.82) is 0 Å². The van der Waals surface area contributed by atoms with Crippen molar-refractivity contribution in [3.8, 4) is 22.8 Å². The van der Waals surface area contributed by atoms with Gasteiger partial charge in [-0.1, -0.05) is 17.7 Å². The van der Waals surface area contributed by atoms with Crippen LogP contribution in [-0.4, -0.2) is 25.1 Å². The van der Waals surface area contributed by atoms with E-state index in [1.54, 1.807) is 43.5 Å². The quantitative estimate of drug-likeness (QED) is 0.710. The standard InChI is InChI=1S/C19H17ClN2O4/c1-11-13(20)5-4-6-14(11)22-19(23)17-18(26-10-21-17)12-7-8-15(24-2)16(9-12)25-3/h4-10H,1-3H3,(H,22,23). The lowest BCUT2D eigenvalue weighted by molar-refractivity contribution is 0.102. The third-order valence-corrected chi connectivity index (χ3v) is 4.35. The fourth-order valence-corrected chi connectivity index (χ4v) is 2.69. The first-order valence-corrected chi connectivity index (χ1v) is 8.15. The Hall–Kier alpha value is -2.99. The van der Waals surface area contributed by atoms with Crippen LogP contribution in [-0.2, 0) is 0 Å². The molecule has 1 amide bonds. The van der Waals surface area contributed by atoms with E-state index in [1.165, 1.54) is 13.5 Å². The first kappa shape index (κ1) is 17.8. The zero-order valence-electron chi connectivity index (χ0n) is 14.5. The number of benzene rings is 2. The molecule has 0 bridgehead atoms. The fraction of sp³-hybridized carbons (Fsp3) is 0.158. The van der Waals surface area contributed by atoms with Crippen molar-refractivity contribution in [3.05, 3.63) is 59.1 Å². The van der Waals surface area contributed by atoms with Crippen LogP contribution in [0.5, 0.6) is 11.5 Å². The van der Waals surface area contributed by atoms with Crippen LogP contribution < -0.4 is 14.8 Å². The smallest absolute Gasteiger partial charge is 0.278 e. The molecule has 26 heavy (non-hydrogen) atoms. The summed E-state index contributed by atoms with van der Waals surface area (Å²) in [4.78, 5) is 16.7. The number of carbonyl (C=O) groups excluding carboxylic acids is 1. The van der Waals surface area contributed by atoms with Crippen molar-refractivity contribution in [3.63, 3.8) is 0 Å². The maximum atomic E-state index is 12.7. The van der Waals surface area contributed by atoms with E-state index in [0.717, 1.165) is 5.56 Å². The van der Waals surface area contributed by atoms with E-state index in [-0.39, 0.29) is 5.69 Å². The summed E-state index contributed by atoms with van der Waals surface area (Å²) in [5.74, 6) is 1.05. The zero-order chi connectivity index (χ0) is 18.7. The molecule has 0 saturated heterocycles. The average molecular weight is 373 g/mol. The number of methoxy groups -OCH3 is 2. The van der Waals surface area contributed by atoms with Crippen LogP contribution in [0.25, 0.3) is 11.3 Å². The Labute approximate surface area is 155 Å². The molecule has 1 N–H and O–H groups in total. The fourth-order valence-electron chi connectivity index (χ4n) is 2.51. The predicted octanol–water partition coefficient (Wildman–Crippen LogP) is 4.57. The largest absolute Gasteiger partial charge is 0.493 e. The molecule has 0 saturated carbocycles. The molecule has 0 fully saturated rings. The second-order valence-electron chi connectivity index (χ2n) is 5.47. The van der Waals surface area contributed by atoms with Gasteiger partial charge in [-0.3, -0.25) is 4.79 Å². The topological polar surface area (TPSA) is 73.6 Å². The number of rotatable bonds is 5. The molecule has 0 atom stereocenters. The van der Waals surface area contributed by atoms with E-state index in [2.05, 4.69) is 10.3 Å². The zero-order valence-corrected chi connectivity index (χ0v) is 15.3. The number of anilines is 1. The van der Waals surface area contributed by atoms with Gasteiger partial charge >= 0.3 is 0 Å². The molecule has 0 spiro atoms. The molecule has 3 aromatic rings. The van der Waals surface area contributed by atoms with Crippen LogP contribution in [0.1, 0.15) is 16.1 Å². The van der Waals surface area contributed by atoms with Crippen molar-refractivity contribution in [2.24, 2.45) is 0 Å². The van der Waals surface area contributed by atoms with Gasteiger partial charge in [0.25, 0.3) is 5.91 Å². The summed E-state index contributed by atoms with van der Waals surface area (Å²) < 4.78 is 16.0. The second kappa shape index (κ2) is 7.49. The van der Waals surface area contributed by atoms with Crippen molar-refractivity contribution in [2.45, 2.75) is 6.92 Å². The van der Waals surface area contributed by atoms with Crippen molar-refractivity contribution >= 4 is 23.2 Å². The summed E-state index contributed by atoms with van der Waals surface area (Å²) in [7, 11) is 3.09. The van der Waals surface area contributed by atoms with Gasteiger partial charge in [-0.2, -0.15) is 0 Å². The molecule has 0 radical (unpaired) electrons. The Balaban J connectivity index is 1.93. The Morgan fingerprint density at radius 1 is 1.15 bits per heavy atom. The molecule has 0 aliphatic carbocycles. The monoisotopic (exact) mass is 372 g/mol. The summed E-state index contributed by atoms with van der Waals surface area (Å²) >= 11 is 6.10. The van der Waals surface area contributed by atoms with E-state index in [0.29, 0.717) is 33.5 Å². The molecule has 1 aromatic heterocycles. The van der Waals surface area contributed by atoms with E-state index in [1.807, 2.05) is 6.92 Å². The highest BCUT2D eigenvalue weighted by molar-refractivity contribution is 6.31. The number of aromatic nitrogens is 1. The van der Waals surface area contributed by atoms with Gasteiger partial charge in [0, 0.05) is 16.3 Å². The number of amides is 1. The number of hydrogen-bond donors (Lipinski definition) is 1. The van der Waals surface area contributed by atoms with Crippen molar-refractivity contribution in [1.82, 2.24) is 4.98 Å². The summed E-state index contributed by atoms with van der Waals surface area (Å²) in [5.41, 5.74) is 2.20. The summed E-state index contributed by atoms with van der Waals surface area (Å²) in [6.07, 6.45) is 1.23. The third-order valence-electron chi connectivity index (χ3n) is 3.94. The molecular formula is C19H17ClN2O4. The molecule has 3 rings (SSSR count). The number of nitrogens with zero attached hydrogens (tertiary/aromatic N) is 1. The van der Waals surface area contributed by atoms with E-state index in [4.69, 9.17) is 25.5 Å². The van der Waals surface area contributed by atoms with Crippen LogP contribution in [0.15, 0.2) is 47.2 Å². The maximum Gasteiger partial charge on any atom is 0.278 e. The van der Waals surface area contributed by atoms with E-state index >= 15 is 0 Å². The number of ether oxygens (including phenoxy) is 2. The van der Waals surface area contributed by atoms with Crippen LogP contribution in [0, 0.1) is 6.92 Å². The van der Waals surface area contributed by atoms with Gasteiger partial charge < -0.3 is 19.2 Å². The molecule has 2 aromatic carbocycles. The highest BCUT2D eigenvalue weighted by Gasteiger charge is 2.20. The third kappa shape index (κ3) is 3.36. The van der Waals surface area contributed by atoms with Gasteiger partial charge in [-0.05, 0) is 42.8 Å². The molecule has 1 heterocycles. The summed E-state index contributed by atoms with van der Waals surface area (Å²) in [6, 6.07) is 10.5. The predicted molar refractivity (Wildman–Crippen MR) is 99.2 cm³/mol. The average Bonchev–Trinajstić information content (AvgIpc) is 3.14. The minimum atomic E-state index is -0.395. The summed E-state index contributed by atoms with van der Waals surface area (Å²) in [6.45, 7) is 1.83. The van der Waals surface area contributed by atoms with Crippen LogP contribution in [0.2, 0.25) is 5.02 Å². The van der Waals surface area contributed by atoms with Crippen molar-refractivity contribution < 1.29 is 18.7 Å². The first-order chi connectivity index (χ1) is 12.5. The van der Waals surface area contributed by atoms with Gasteiger partial charge in [-0.15, -0.1) is 0 Å². The number of halogens is 1. The Bertz CT molecular complexity index is 952. The van der Waals surface area contributed by atoms with Gasteiger partial charge in [0.2, 0.25) is 0 Å². The normalized spacial score (nSPS) is 10.5. The van der Waals surface area contributed by atoms with Crippen LogP contribution >= 0.6 is 11.6 Å². The van der Waals surface area contributed by atoms with E-state index < -0.39 is 5.91 Å². The highest BCUT2D eigenvalue weighted by Crippen LogP contribution is 2.34. The van der Waals surface area contributed by atoms with Gasteiger partial charge in [-0.25, -0.2) is 4.98 Å².